The molecule has 0 saturated heterocycles. The molecule has 0 aliphatic heterocycles. The predicted octanol–water partition coefficient (Wildman–Crippen LogP) is 1.17. The molecule has 0 aromatic carbocycles. The van der Waals surface area contributed by atoms with Crippen molar-refractivity contribution in [2.75, 3.05) is 0 Å². The van der Waals surface area contributed by atoms with Gasteiger partial charge in [0.05, 0.1) is 0 Å². The van der Waals surface area contributed by atoms with Gasteiger partial charge in [-0.05, 0) is 0 Å². The first-order chi connectivity index (χ1) is 2.27. The summed E-state index contributed by atoms with van der Waals surface area (Å²) in [7, 11) is 0. The topological polar surface area (TPSA) is 20.3 Å². The van der Waals surface area contributed by atoms with Gasteiger partial charge in [-0.3, -0.25) is 4.79 Å². The van der Waals surface area contributed by atoms with E-state index in [2.05, 4.69) is 0 Å². The highest BCUT2D eigenvalue weighted by Crippen LogP contribution is 1.88. The van der Waals surface area contributed by atoms with E-state index in [0.29, 0.717) is 3.94 Å². The Hall–Kier alpha value is 0.340. The third kappa shape index (κ3) is 8.84. The van der Waals surface area contributed by atoms with Crippen molar-refractivity contribution >= 4 is 42.4 Å². The van der Waals surface area contributed by atoms with Crippen molar-refractivity contribution in [1.82, 2.24) is 3.94 Å². The highest BCUT2D eigenvalue weighted by atomic mass is 35.5. The van der Waals surface area contributed by atoms with E-state index in [1.807, 2.05) is 0 Å². The number of nitrogens with zero attached hydrogens (tertiary/aromatic N) is 1. The maximum atomic E-state index is 9.17. The molecule has 0 unspecified atom stereocenters. The molecule has 0 radical (unpaired) electrons. The van der Waals surface area contributed by atoms with Crippen LogP contribution in [0.25, 0.3) is 0 Å². The average molecular weight is 150 g/mol. The molecule has 0 rings (SSSR count). The van der Waals surface area contributed by atoms with Gasteiger partial charge in [-0.15, -0.1) is 12.4 Å². The summed E-state index contributed by atoms with van der Waals surface area (Å²) in [6.45, 7) is 0. The summed E-state index contributed by atoms with van der Waals surface area (Å²) >= 11 is 9.39. The van der Waals surface area contributed by atoms with Crippen LogP contribution in [-0.4, -0.2) is 10.3 Å². The van der Waals surface area contributed by atoms with Crippen molar-refractivity contribution in [3.8, 4) is 0 Å². The summed E-state index contributed by atoms with van der Waals surface area (Å²) in [4.78, 5) is 9.17. The highest BCUT2D eigenvalue weighted by Gasteiger charge is 1.77. The van der Waals surface area contributed by atoms with E-state index in [-0.39, 0.29) is 18.8 Å². The van der Waals surface area contributed by atoms with Crippen LogP contribution >= 0.6 is 36.0 Å². The number of hydrogen-bond donors (Lipinski definition) is 0. The second-order valence-electron chi connectivity index (χ2n) is 0.364. The summed E-state index contributed by atoms with van der Waals surface area (Å²) in [5, 5.41) is 0. The van der Waals surface area contributed by atoms with Gasteiger partial charge in [0.1, 0.15) is 0 Å². The van der Waals surface area contributed by atoms with E-state index in [1.54, 1.807) is 0 Å². The summed E-state index contributed by atoms with van der Waals surface area (Å²) in [5.74, 6) is 0. The lowest BCUT2D eigenvalue weighted by Gasteiger charge is -1.82. The fraction of sp³-hybridized carbons (Fsp3) is 0. The van der Waals surface area contributed by atoms with E-state index >= 15 is 0 Å². The van der Waals surface area contributed by atoms with Crippen molar-refractivity contribution in [3.63, 3.8) is 0 Å². The molecule has 1 amide bonds. The lowest BCUT2D eigenvalue weighted by molar-refractivity contribution is -0.111. The number of carbonyl (C=O) groups excluding carboxylic acids is 1. The molecule has 0 bridgehead atoms. The third-order valence-electron chi connectivity index (χ3n) is 0.0797. The van der Waals surface area contributed by atoms with Crippen molar-refractivity contribution in [1.29, 1.82) is 0 Å². The van der Waals surface area contributed by atoms with Crippen molar-refractivity contribution in [2.24, 2.45) is 0 Å². The number of rotatable bonds is 1. The Morgan fingerprint density at radius 3 is 1.67 bits per heavy atom. The van der Waals surface area contributed by atoms with Gasteiger partial charge in [0.15, 0.2) is 0 Å². The summed E-state index contributed by atoms with van der Waals surface area (Å²) in [5.41, 5.74) is 0. The minimum absolute atomic E-state index is 0. The molecule has 2 nitrogen and oxygen atoms in total. The Labute approximate surface area is 51.6 Å². The van der Waals surface area contributed by atoms with E-state index in [0.717, 1.165) is 0 Å². The smallest absolute Gasteiger partial charge is 0.239 e. The molecule has 0 aromatic rings. The first-order valence-corrected chi connectivity index (χ1v) is 1.51. The van der Waals surface area contributed by atoms with Crippen LogP contribution in [-0.2, 0) is 4.79 Å². The monoisotopic (exact) mass is 149 g/mol. The van der Waals surface area contributed by atoms with Crippen LogP contribution < -0.4 is 0 Å². The first-order valence-electron chi connectivity index (χ1n) is 0.832. The van der Waals surface area contributed by atoms with Crippen molar-refractivity contribution in [3.05, 3.63) is 0 Å². The number of hydrogen-bond acceptors (Lipinski definition) is 1. The Morgan fingerprint density at radius 1 is 1.50 bits per heavy atom. The van der Waals surface area contributed by atoms with Crippen LogP contribution in [0.4, 0.5) is 0 Å². The summed E-state index contributed by atoms with van der Waals surface area (Å²) in [6, 6.07) is 0. The zero-order valence-electron chi connectivity index (χ0n) is 2.60. The van der Waals surface area contributed by atoms with Gasteiger partial charge in [-0.25, -0.2) is 0 Å². The minimum Gasteiger partial charge on any atom is -0.276 e. The highest BCUT2D eigenvalue weighted by molar-refractivity contribution is 6.38. The molecule has 0 saturated carbocycles. The Balaban J connectivity index is 0. The standard InChI is InChI=1S/CHCl2NO.ClH/c2-4(3)1-5;/h1H;1H. The lowest BCUT2D eigenvalue weighted by Crippen LogP contribution is -1.87. The maximum absolute atomic E-state index is 9.17. The molecule has 6 heavy (non-hydrogen) atoms. The van der Waals surface area contributed by atoms with Crippen LogP contribution in [0, 0.1) is 0 Å². The molecule has 0 aliphatic rings. The quantitative estimate of drug-likeness (QED) is 0.406. The fourth-order valence-corrected chi connectivity index (χ4v) is 0. The third-order valence-corrected chi connectivity index (χ3v) is 0.239. The first kappa shape index (κ1) is 9.60. The molecule has 0 aromatic heterocycles. The van der Waals surface area contributed by atoms with E-state index in [4.69, 9.17) is 28.3 Å². The zero-order chi connectivity index (χ0) is 4.28. The molecule has 0 spiro atoms. The molecule has 0 heterocycles. The molecule has 38 valence electrons. The molecule has 0 fully saturated rings. The summed E-state index contributed by atoms with van der Waals surface area (Å²) < 4.78 is 0.389. The second kappa shape index (κ2) is 5.34. The molecule has 0 N–H and O–H groups in total. The Kier molecular flexibility index (Phi) is 8.54. The van der Waals surface area contributed by atoms with Gasteiger partial charge >= 0.3 is 0 Å². The maximum Gasteiger partial charge on any atom is 0.239 e. The van der Waals surface area contributed by atoms with E-state index < -0.39 is 0 Å². The van der Waals surface area contributed by atoms with Crippen molar-refractivity contribution < 1.29 is 4.79 Å². The van der Waals surface area contributed by atoms with Gasteiger partial charge in [0, 0.05) is 23.6 Å². The van der Waals surface area contributed by atoms with Gasteiger partial charge in [0.2, 0.25) is 6.41 Å². The fourth-order valence-electron chi connectivity index (χ4n) is 0. The predicted molar refractivity (Wildman–Crippen MR) is 26.9 cm³/mol. The van der Waals surface area contributed by atoms with E-state index in [1.165, 1.54) is 0 Å². The summed E-state index contributed by atoms with van der Waals surface area (Å²) in [6.07, 6.45) is 0.281. The second-order valence-corrected chi connectivity index (χ2v) is 1.27. The molecule has 5 heteroatoms. The Bertz CT molecular complexity index is 37.8. The number of halogens is 3. The van der Waals surface area contributed by atoms with Crippen LogP contribution in [0.2, 0.25) is 0 Å². The van der Waals surface area contributed by atoms with Gasteiger partial charge < -0.3 is 0 Å². The number of amides is 1. The number of carbonyl (C=O) groups is 1. The van der Waals surface area contributed by atoms with Gasteiger partial charge in [-0.1, -0.05) is 0 Å². The zero-order valence-corrected chi connectivity index (χ0v) is 4.93. The molecular formula is CH2Cl3NO. The molecule has 0 aliphatic carbocycles. The molecular weight excluding hydrogens is 148 g/mol. The minimum atomic E-state index is 0. The average Bonchev–Trinajstić information content (AvgIpc) is 1.38. The van der Waals surface area contributed by atoms with Crippen molar-refractivity contribution in [2.45, 2.75) is 0 Å². The Morgan fingerprint density at radius 2 is 1.67 bits per heavy atom. The van der Waals surface area contributed by atoms with Crippen LogP contribution in [0.1, 0.15) is 0 Å². The largest absolute Gasteiger partial charge is 0.276 e. The van der Waals surface area contributed by atoms with Gasteiger partial charge in [-0.2, -0.15) is 3.94 Å². The van der Waals surface area contributed by atoms with E-state index in [9.17, 15) is 0 Å². The van der Waals surface area contributed by atoms with Crippen LogP contribution in [0.3, 0.4) is 0 Å². The van der Waals surface area contributed by atoms with Crippen LogP contribution in [0.5, 0.6) is 0 Å². The van der Waals surface area contributed by atoms with Crippen LogP contribution in [0.15, 0.2) is 0 Å². The van der Waals surface area contributed by atoms with Gasteiger partial charge in [0.25, 0.3) is 0 Å². The molecule has 0 atom stereocenters. The normalized spacial score (nSPS) is 5.67. The lowest BCUT2D eigenvalue weighted by atomic mass is 11.5. The SMILES string of the molecule is Cl.O=CN(Cl)Cl.